The van der Waals surface area contributed by atoms with Gasteiger partial charge in [0, 0.05) is 29.9 Å². The summed E-state index contributed by atoms with van der Waals surface area (Å²) in [7, 11) is 0. The van der Waals surface area contributed by atoms with Crippen molar-refractivity contribution >= 4 is 11.8 Å². The summed E-state index contributed by atoms with van der Waals surface area (Å²) >= 11 is 0. The maximum Gasteiger partial charge on any atom is 0.303 e. The van der Waals surface area contributed by atoms with Crippen LogP contribution in [0.5, 0.6) is 5.75 Å². The van der Waals surface area contributed by atoms with E-state index in [1.54, 1.807) is 24.3 Å². The summed E-state index contributed by atoms with van der Waals surface area (Å²) in [6, 6.07) is 4.63. The SMILES string of the molecule is CC(=O)O[C@@H]1C=CC[C@@H]2C(=O)c3cccc(O)c3[C@H](O)[C@@H]21. The summed E-state index contributed by atoms with van der Waals surface area (Å²) < 4.78 is 5.21. The fourth-order valence-corrected chi connectivity index (χ4v) is 3.34. The molecule has 0 fully saturated rings. The number of rotatable bonds is 1. The van der Waals surface area contributed by atoms with E-state index >= 15 is 0 Å². The predicted molar refractivity (Wildman–Crippen MR) is 73.7 cm³/mol. The molecule has 2 N–H and O–H groups in total. The first-order valence-corrected chi connectivity index (χ1v) is 6.88. The summed E-state index contributed by atoms with van der Waals surface area (Å²) in [6.45, 7) is 1.29. The minimum absolute atomic E-state index is 0.108. The third-order valence-electron chi connectivity index (χ3n) is 4.21. The molecule has 0 radical (unpaired) electrons. The molecule has 0 amide bonds. The van der Waals surface area contributed by atoms with Crippen LogP contribution in [0.4, 0.5) is 0 Å². The molecule has 1 aromatic carbocycles. The Balaban J connectivity index is 2.08. The number of hydrogen-bond donors (Lipinski definition) is 2. The fourth-order valence-electron chi connectivity index (χ4n) is 3.34. The molecule has 2 aliphatic carbocycles. The molecule has 0 saturated heterocycles. The largest absolute Gasteiger partial charge is 0.508 e. The van der Waals surface area contributed by atoms with Crippen LogP contribution in [0.1, 0.15) is 35.4 Å². The van der Waals surface area contributed by atoms with Crippen molar-refractivity contribution in [1.29, 1.82) is 0 Å². The number of phenolic OH excluding ortho intramolecular Hbond substituents is 1. The van der Waals surface area contributed by atoms with Gasteiger partial charge in [-0.25, -0.2) is 0 Å². The Morgan fingerprint density at radius 1 is 1.38 bits per heavy atom. The number of esters is 1. The van der Waals surface area contributed by atoms with Crippen LogP contribution in [-0.2, 0) is 9.53 Å². The molecular weight excluding hydrogens is 272 g/mol. The van der Waals surface area contributed by atoms with E-state index in [4.69, 9.17) is 4.74 Å². The van der Waals surface area contributed by atoms with Crippen molar-refractivity contribution in [2.45, 2.75) is 25.6 Å². The minimum Gasteiger partial charge on any atom is -0.508 e. The molecule has 21 heavy (non-hydrogen) atoms. The normalized spacial score (nSPS) is 30.5. The second kappa shape index (κ2) is 5.00. The van der Waals surface area contributed by atoms with Crippen molar-refractivity contribution in [3.8, 4) is 5.75 Å². The van der Waals surface area contributed by atoms with Crippen LogP contribution in [-0.4, -0.2) is 28.1 Å². The Labute approximate surface area is 121 Å². The first-order chi connectivity index (χ1) is 10.0. The number of ketones is 1. The number of ether oxygens (including phenoxy) is 1. The van der Waals surface area contributed by atoms with Gasteiger partial charge in [0.15, 0.2) is 5.78 Å². The van der Waals surface area contributed by atoms with Gasteiger partial charge < -0.3 is 14.9 Å². The number of hydrogen-bond acceptors (Lipinski definition) is 5. The van der Waals surface area contributed by atoms with E-state index in [-0.39, 0.29) is 17.1 Å². The highest BCUT2D eigenvalue weighted by molar-refractivity contribution is 6.01. The highest BCUT2D eigenvalue weighted by Crippen LogP contribution is 2.47. The standard InChI is InChI=1S/C16H16O5/c1-8(17)21-12-7-3-5-10-14(12)16(20)13-9(15(10)19)4-2-6-11(13)18/h2-4,6-7,10,12,14,16,18,20H,5H2,1H3/t10-,12+,14-,16-/m0/s1. The van der Waals surface area contributed by atoms with Crippen LogP contribution in [0.2, 0.25) is 0 Å². The lowest BCUT2D eigenvalue weighted by Crippen LogP contribution is -2.44. The third kappa shape index (κ3) is 2.14. The van der Waals surface area contributed by atoms with Gasteiger partial charge in [-0.15, -0.1) is 0 Å². The van der Waals surface area contributed by atoms with Crippen molar-refractivity contribution in [3.63, 3.8) is 0 Å². The van der Waals surface area contributed by atoms with Crippen LogP contribution in [0.15, 0.2) is 30.4 Å². The highest BCUT2D eigenvalue weighted by Gasteiger charge is 2.47. The van der Waals surface area contributed by atoms with E-state index in [2.05, 4.69) is 0 Å². The number of aliphatic hydroxyl groups excluding tert-OH is 1. The number of carbonyl (C=O) groups is 2. The molecule has 1 aromatic rings. The van der Waals surface area contributed by atoms with Gasteiger partial charge in [-0.3, -0.25) is 9.59 Å². The molecule has 0 saturated carbocycles. The first kappa shape index (κ1) is 13.8. The number of allylic oxidation sites excluding steroid dienone is 1. The number of aliphatic hydroxyl groups is 1. The van der Waals surface area contributed by atoms with E-state index in [1.807, 2.05) is 0 Å². The average Bonchev–Trinajstić information content (AvgIpc) is 2.43. The summed E-state index contributed by atoms with van der Waals surface area (Å²) in [6.07, 6.45) is 2.29. The summed E-state index contributed by atoms with van der Waals surface area (Å²) in [5.74, 6) is -1.70. The first-order valence-electron chi connectivity index (χ1n) is 6.88. The van der Waals surface area contributed by atoms with Gasteiger partial charge in [-0.05, 0) is 18.6 Å². The van der Waals surface area contributed by atoms with E-state index < -0.39 is 30.0 Å². The summed E-state index contributed by atoms with van der Waals surface area (Å²) in [5.41, 5.74) is 0.580. The van der Waals surface area contributed by atoms with Crippen molar-refractivity contribution in [2.24, 2.45) is 11.8 Å². The van der Waals surface area contributed by atoms with Gasteiger partial charge in [-0.2, -0.15) is 0 Å². The maximum atomic E-state index is 12.6. The fraction of sp³-hybridized carbons (Fsp3) is 0.375. The van der Waals surface area contributed by atoms with Crippen LogP contribution in [0.3, 0.4) is 0 Å². The van der Waals surface area contributed by atoms with Gasteiger partial charge in [0.25, 0.3) is 0 Å². The van der Waals surface area contributed by atoms with E-state index in [0.717, 1.165) is 0 Å². The third-order valence-corrected chi connectivity index (χ3v) is 4.21. The Hall–Kier alpha value is -2.14. The molecule has 5 nitrogen and oxygen atoms in total. The van der Waals surface area contributed by atoms with E-state index in [9.17, 15) is 19.8 Å². The van der Waals surface area contributed by atoms with Gasteiger partial charge in [0.2, 0.25) is 0 Å². The molecule has 0 unspecified atom stereocenters. The zero-order valence-corrected chi connectivity index (χ0v) is 11.5. The smallest absolute Gasteiger partial charge is 0.303 e. The molecule has 0 spiro atoms. The number of carbonyl (C=O) groups excluding carboxylic acids is 2. The summed E-state index contributed by atoms with van der Waals surface area (Å²) in [5, 5.41) is 20.6. The topological polar surface area (TPSA) is 83.8 Å². The second-order valence-electron chi connectivity index (χ2n) is 5.47. The van der Waals surface area contributed by atoms with Gasteiger partial charge in [-0.1, -0.05) is 18.2 Å². The number of fused-ring (bicyclic) bond motifs is 2. The molecule has 3 rings (SSSR count). The zero-order valence-electron chi connectivity index (χ0n) is 11.5. The van der Waals surface area contributed by atoms with E-state index in [1.165, 1.54) is 13.0 Å². The van der Waals surface area contributed by atoms with E-state index in [0.29, 0.717) is 12.0 Å². The van der Waals surface area contributed by atoms with Crippen LogP contribution >= 0.6 is 0 Å². The van der Waals surface area contributed by atoms with Crippen molar-refractivity contribution < 1.29 is 24.5 Å². The molecule has 0 aliphatic heterocycles. The molecule has 0 aromatic heterocycles. The number of phenols is 1. The molecule has 5 heteroatoms. The Morgan fingerprint density at radius 2 is 2.14 bits per heavy atom. The minimum atomic E-state index is -1.04. The molecule has 2 aliphatic rings. The lowest BCUT2D eigenvalue weighted by molar-refractivity contribution is -0.150. The van der Waals surface area contributed by atoms with Crippen molar-refractivity contribution in [1.82, 2.24) is 0 Å². The van der Waals surface area contributed by atoms with Crippen LogP contribution in [0.25, 0.3) is 0 Å². The Bertz CT molecular complexity index is 634. The zero-order chi connectivity index (χ0) is 15.1. The average molecular weight is 288 g/mol. The number of Topliss-reactive ketones (excluding diaryl/α,β-unsaturated/α-hetero) is 1. The number of aromatic hydroxyl groups is 1. The monoisotopic (exact) mass is 288 g/mol. The number of benzene rings is 1. The quantitative estimate of drug-likeness (QED) is 0.607. The molecule has 0 heterocycles. The van der Waals surface area contributed by atoms with Gasteiger partial charge >= 0.3 is 5.97 Å². The van der Waals surface area contributed by atoms with Gasteiger partial charge in [0.1, 0.15) is 11.9 Å². The molecule has 0 bridgehead atoms. The van der Waals surface area contributed by atoms with Crippen LogP contribution in [0, 0.1) is 11.8 Å². The molecule has 4 atom stereocenters. The Kier molecular flexibility index (Phi) is 3.29. The molecule has 110 valence electrons. The lowest BCUT2D eigenvalue weighted by atomic mass is 9.67. The summed E-state index contributed by atoms with van der Waals surface area (Å²) in [4.78, 5) is 23.8. The molecular formula is C16H16O5. The predicted octanol–water partition coefficient (Wildman–Crippen LogP) is 1.75. The maximum absolute atomic E-state index is 12.6. The lowest BCUT2D eigenvalue weighted by Gasteiger charge is -2.40. The highest BCUT2D eigenvalue weighted by atomic mass is 16.5. The second-order valence-corrected chi connectivity index (χ2v) is 5.47. The van der Waals surface area contributed by atoms with Gasteiger partial charge in [0.05, 0.1) is 6.10 Å². The Morgan fingerprint density at radius 3 is 2.86 bits per heavy atom. The van der Waals surface area contributed by atoms with Crippen LogP contribution < -0.4 is 0 Å². The van der Waals surface area contributed by atoms with Crippen molar-refractivity contribution in [2.75, 3.05) is 0 Å². The van der Waals surface area contributed by atoms with Crippen molar-refractivity contribution in [3.05, 3.63) is 41.5 Å².